The highest BCUT2D eigenvalue weighted by Gasteiger charge is 2.49. The normalized spacial score (nSPS) is 17.3. The Morgan fingerprint density at radius 2 is 1.83 bits per heavy atom. The van der Waals surface area contributed by atoms with Gasteiger partial charge in [-0.05, 0) is 39.4 Å². The molecule has 1 aliphatic heterocycles. The number of para-hydroxylation sites is 2. The fourth-order valence-electron chi connectivity index (χ4n) is 3.20. The molecule has 0 bridgehead atoms. The Bertz CT molecular complexity index is 805. The van der Waals surface area contributed by atoms with Crippen molar-refractivity contribution in [1.29, 1.82) is 0 Å². The van der Waals surface area contributed by atoms with Crippen molar-refractivity contribution in [3.05, 3.63) is 24.3 Å². The summed E-state index contributed by atoms with van der Waals surface area (Å²) >= 11 is 0. The van der Waals surface area contributed by atoms with Crippen LogP contribution < -0.4 is 15.5 Å². The second-order valence-electron chi connectivity index (χ2n) is 8.19. The van der Waals surface area contributed by atoms with E-state index in [9.17, 15) is 27.6 Å². The molecule has 10 heteroatoms. The fourth-order valence-corrected chi connectivity index (χ4v) is 3.20. The summed E-state index contributed by atoms with van der Waals surface area (Å²) in [5.41, 5.74) is -0.362. The summed E-state index contributed by atoms with van der Waals surface area (Å²) in [6, 6.07) is 3.57. The predicted molar refractivity (Wildman–Crippen MR) is 107 cm³/mol. The third-order valence-corrected chi connectivity index (χ3v) is 4.46. The molecule has 2 N–H and O–H groups in total. The van der Waals surface area contributed by atoms with Gasteiger partial charge in [0, 0.05) is 5.54 Å². The number of nitrogens with zero attached hydrogens (tertiary/aromatic N) is 2. The molecule has 0 aromatic heterocycles. The van der Waals surface area contributed by atoms with E-state index in [0.29, 0.717) is 4.90 Å². The lowest BCUT2D eigenvalue weighted by Gasteiger charge is -2.33. The number of fused-ring (bicyclic) bond motifs is 1. The highest BCUT2D eigenvalue weighted by molar-refractivity contribution is 6.05. The van der Waals surface area contributed by atoms with Gasteiger partial charge >= 0.3 is 6.18 Å². The first-order valence-corrected chi connectivity index (χ1v) is 9.63. The van der Waals surface area contributed by atoms with Gasteiger partial charge < -0.3 is 10.6 Å². The molecule has 0 saturated heterocycles. The summed E-state index contributed by atoms with van der Waals surface area (Å²) in [4.78, 5) is 39.3. The zero-order valence-electron chi connectivity index (χ0n) is 17.5. The monoisotopic (exact) mass is 428 g/mol. The van der Waals surface area contributed by atoms with Gasteiger partial charge in [-0.15, -0.1) is 0 Å². The van der Waals surface area contributed by atoms with Gasteiger partial charge in [-0.25, -0.2) is 0 Å². The van der Waals surface area contributed by atoms with Crippen molar-refractivity contribution >= 4 is 29.1 Å². The molecule has 7 nitrogen and oxygen atoms in total. The van der Waals surface area contributed by atoms with E-state index >= 15 is 0 Å². The summed E-state index contributed by atoms with van der Waals surface area (Å²) < 4.78 is 41.3. The summed E-state index contributed by atoms with van der Waals surface area (Å²) in [6.07, 6.45) is -5.70. The minimum atomic E-state index is -4.80. The molecule has 0 unspecified atom stereocenters. The average molecular weight is 428 g/mol. The minimum Gasteiger partial charge on any atom is -0.350 e. The van der Waals surface area contributed by atoms with Gasteiger partial charge in [0.15, 0.2) is 0 Å². The molecule has 1 aliphatic rings. The summed E-state index contributed by atoms with van der Waals surface area (Å²) in [7, 11) is 0. The van der Waals surface area contributed by atoms with Crippen molar-refractivity contribution in [2.24, 2.45) is 0 Å². The molecule has 2 rings (SSSR count). The van der Waals surface area contributed by atoms with E-state index in [1.165, 1.54) is 23.1 Å². The Hall–Kier alpha value is -2.62. The Labute approximate surface area is 173 Å². The van der Waals surface area contributed by atoms with Gasteiger partial charge in [0.25, 0.3) is 0 Å². The van der Waals surface area contributed by atoms with Crippen molar-refractivity contribution in [2.75, 3.05) is 29.9 Å². The maximum absolute atomic E-state index is 13.8. The first-order chi connectivity index (χ1) is 13.8. The van der Waals surface area contributed by atoms with Crippen LogP contribution in [0, 0.1) is 0 Å². The maximum atomic E-state index is 13.8. The van der Waals surface area contributed by atoms with E-state index in [1.54, 1.807) is 33.8 Å². The lowest BCUT2D eigenvalue weighted by Crippen LogP contribution is -2.53. The zero-order valence-corrected chi connectivity index (χ0v) is 17.5. The van der Waals surface area contributed by atoms with E-state index in [-0.39, 0.29) is 30.4 Å². The van der Waals surface area contributed by atoms with Gasteiger partial charge in [-0.3, -0.25) is 24.2 Å². The standard InChI is InChI=1S/C20H27F3N4O3/c1-5-26(11-17(29)25-19(2,3)4)12-18(30)27-14-9-7-6-8-13(14)24-16(28)10-15(27)20(21,22)23/h6-9,15H,5,10-12H2,1-4H3,(H,24,28)(H,25,29)/t15-/m1/s1. The van der Waals surface area contributed by atoms with Crippen molar-refractivity contribution in [3.63, 3.8) is 0 Å². The van der Waals surface area contributed by atoms with Gasteiger partial charge in [0.2, 0.25) is 17.7 Å². The van der Waals surface area contributed by atoms with Crippen LogP contribution in [0.3, 0.4) is 0 Å². The van der Waals surface area contributed by atoms with Crippen molar-refractivity contribution in [3.8, 4) is 0 Å². The smallest absolute Gasteiger partial charge is 0.350 e. The first kappa shape index (κ1) is 23.7. The highest BCUT2D eigenvalue weighted by atomic mass is 19.4. The molecule has 0 fully saturated rings. The third-order valence-electron chi connectivity index (χ3n) is 4.46. The summed E-state index contributed by atoms with van der Waals surface area (Å²) in [5, 5.41) is 5.19. The van der Waals surface area contributed by atoms with Crippen LogP contribution in [-0.4, -0.2) is 60.0 Å². The molecule has 1 heterocycles. The molecule has 0 spiro atoms. The van der Waals surface area contributed by atoms with Crippen LogP contribution in [0.2, 0.25) is 0 Å². The Morgan fingerprint density at radius 3 is 2.40 bits per heavy atom. The quantitative estimate of drug-likeness (QED) is 0.755. The molecule has 1 aromatic carbocycles. The van der Waals surface area contributed by atoms with Crippen molar-refractivity contribution in [1.82, 2.24) is 10.2 Å². The number of amides is 3. The van der Waals surface area contributed by atoms with Crippen molar-refractivity contribution < 1.29 is 27.6 Å². The first-order valence-electron chi connectivity index (χ1n) is 9.63. The number of hydrogen-bond donors (Lipinski definition) is 2. The van der Waals surface area contributed by atoms with Gasteiger partial charge in [-0.2, -0.15) is 13.2 Å². The predicted octanol–water partition coefficient (Wildman–Crippen LogP) is 2.53. The maximum Gasteiger partial charge on any atom is 0.409 e. The largest absolute Gasteiger partial charge is 0.409 e. The molecule has 166 valence electrons. The van der Waals surface area contributed by atoms with Crippen LogP contribution in [-0.2, 0) is 14.4 Å². The number of benzene rings is 1. The fraction of sp³-hybridized carbons (Fsp3) is 0.550. The van der Waals surface area contributed by atoms with Crippen LogP contribution >= 0.6 is 0 Å². The molecule has 0 saturated carbocycles. The summed E-state index contributed by atoms with van der Waals surface area (Å²) in [5.74, 6) is -2.00. The second kappa shape index (κ2) is 9.03. The van der Waals surface area contributed by atoms with Crippen LogP contribution in [0.1, 0.15) is 34.1 Å². The van der Waals surface area contributed by atoms with Gasteiger partial charge in [0.05, 0.1) is 30.9 Å². The lowest BCUT2D eigenvalue weighted by atomic mass is 10.1. The van der Waals surface area contributed by atoms with Crippen LogP contribution in [0.4, 0.5) is 24.5 Å². The number of halogens is 3. The molecule has 0 radical (unpaired) electrons. The third kappa shape index (κ3) is 6.19. The number of hydrogen-bond acceptors (Lipinski definition) is 4. The molecule has 1 aromatic rings. The molecular weight excluding hydrogens is 401 g/mol. The topological polar surface area (TPSA) is 81.8 Å². The highest BCUT2D eigenvalue weighted by Crippen LogP contribution is 2.37. The number of nitrogens with one attached hydrogen (secondary N) is 2. The van der Waals surface area contributed by atoms with E-state index in [2.05, 4.69) is 10.6 Å². The van der Waals surface area contributed by atoms with E-state index in [1.807, 2.05) is 0 Å². The minimum absolute atomic E-state index is 0.0223. The lowest BCUT2D eigenvalue weighted by molar-refractivity contribution is -0.158. The number of anilines is 2. The Morgan fingerprint density at radius 1 is 1.20 bits per heavy atom. The van der Waals surface area contributed by atoms with Crippen molar-refractivity contribution in [2.45, 2.75) is 51.9 Å². The molecular formula is C20H27F3N4O3. The number of carbonyl (C=O) groups is 3. The molecule has 30 heavy (non-hydrogen) atoms. The van der Waals surface area contributed by atoms with Crippen LogP contribution in [0.15, 0.2) is 24.3 Å². The zero-order chi connectivity index (χ0) is 22.7. The Balaban J connectivity index is 2.31. The average Bonchev–Trinajstić information content (AvgIpc) is 2.74. The number of rotatable bonds is 5. The van der Waals surface area contributed by atoms with E-state index in [0.717, 1.165) is 0 Å². The Kier molecular flexibility index (Phi) is 7.12. The molecule has 3 amide bonds. The number of carbonyl (C=O) groups excluding carboxylic acids is 3. The number of likely N-dealkylation sites (N-methyl/N-ethyl adjacent to an activating group) is 1. The number of alkyl halides is 3. The molecule has 0 aliphatic carbocycles. The molecule has 1 atom stereocenters. The van der Waals surface area contributed by atoms with E-state index < -0.39 is 42.5 Å². The van der Waals surface area contributed by atoms with Gasteiger partial charge in [-0.1, -0.05) is 19.1 Å². The van der Waals surface area contributed by atoms with E-state index in [4.69, 9.17) is 0 Å². The second-order valence-corrected chi connectivity index (χ2v) is 8.19. The summed E-state index contributed by atoms with van der Waals surface area (Å²) in [6.45, 7) is 6.87. The van der Waals surface area contributed by atoms with Crippen LogP contribution in [0.5, 0.6) is 0 Å². The van der Waals surface area contributed by atoms with Gasteiger partial charge in [0.1, 0.15) is 6.04 Å². The SMILES string of the molecule is CCN(CC(=O)NC(C)(C)C)CC(=O)N1c2ccccc2NC(=O)C[C@@H]1C(F)(F)F. The van der Waals surface area contributed by atoms with Crippen LogP contribution in [0.25, 0.3) is 0 Å².